The molecule has 0 radical (unpaired) electrons. The molecule has 0 spiro atoms. The van der Waals surface area contributed by atoms with Crippen LogP contribution in [-0.2, 0) is 14.3 Å². The average molecular weight is 408 g/mol. The fraction of sp³-hybridized carbons (Fsp3) is 0.348. The topological polar surface area (TPSA) is 105 Å². The van der Waals surface area contributed by atoms with Crippen LogP contribution in [0, 0.1) is 0 Å². The normalized spacial score (nSPS) is 16.0. The molecule has 0 bridgehead atoms. The van der Waals surface area contributed by atoms with Crippen LogP contribution in [0.2, 0.25) is 0 Å². The molecule has 0 aliphatic heterocycles. The monoisotopic (exact) mass is 408 g/mol. The van der Waals surface area contributed by atoms with Gasteiger partial charge in [-0.3, -0.25) is 9.59 Å². The van der Waals surface area contributed by atoms with Crippen molar-refractivity contribution in [2.24, 2.45) is 0 Å². The highest BCUT2D eigenvalue weighted by atomic mass is 16.5. The van der Waals surface area contributed by atoms with E-state index in [-0.39, 0.29) is 18.6 Å². The number of amides is 2. The molecule has 156 valence electrons. The highest BCUT2D eigenvalue weighted by Gasteiger charge is 2.31. The van der Waals surface area contributed by atoms with Gasteiger partial charge >= 0.3 is 12.1 Å². The number of fused-ring (bicyclic) bond motifs is 3. The molecule has 30 heavy (non-hydrogen) atoms. The van der Waals surface area contributed by atoms with Crippen molar-refractivity contribution in [3.63, 3.8) is 0 Å². The minimum absolute atomic E-state index is 0.0538. The van der Waals surface area contributed by atoms with Gasteiger partial charge in [0, 0.05) is 12.0 Å². The quantitative estimate of drug-likeness (QED) is 0.653. The van der Waals surface area contributed by atoms with E-state index in [2.05, 4.69) is 10.6 Å². The van der Waals surface area contributed by atoms with Crippen LogP contribution in [0.25, 0.3) is 11.1 Å². The molecule has 7 nitrogen and oxygen atoms in total. The van der Waals surface area contributed by atoms with Gasteiger partial charge in [-0.25, -0.2) is 4.79 Å². The maximum absolute atomic E-state index is 12.4. The zero-order chi connectivity index (χ0) is 21.1. The van der Waals surface area contributed by atoms with E-state index in [0.717, 1.165) is 41.5 Å². The van der Waals surface area contributed by atoms with Gasteiger partial charge in [0.1, 0.15) is 12.6 Å². The van der Waals surface area contributed by atoms with Gasteiger partial charge in [0.05, 0.1) is 6.42 Å². The first-order valence-electron chi connectivity index (χ1n) is 10.2. The Morgan fingerprint density at radius 3 is 2.13 bits per heavy atom. The number of aliphatic carboxylic acids is 1. The Morgan fingerprint density at radius 2 is 1.60 bits per heavy atom. The Balaban J connectivity index is 1.41. The van der Waals surface area contributed by atoms with Crippen molar-refractivity contribution in [2.75, 3.05) is 6.61 Å². The first-order chi connectivity index (χ1) is 14.5. The summed E-state index contributed by atoms with van der Waals surface area (Å²) >= 11 is 0. The fourth-order valence-electron chi connectivity index (χ4n) is 4.02. The number of rotatable bonds is 7. The minimum Gasteiger partial charge on any atom is -0.481 e. The third-order valence-electron chi connectivity index (χ3n) is 5.78. The number of ether oxygens (including phenoxy) is 1. The van der Waals surface area contributed by atoms with Crippen LogP contribution in [0.4, 0.5) is 4.79 Å². The first kappa shape index (κ1) is 19.9. The van der Waals surface area contributed by atoms with Crippen molar-refractivity contribution in [2.45, 2.75) is 43.7 Å². The zero-order valence-corrected chi connectivity index (χ0v) is 16.5. The molecule has 0 heterocycles. The minimum atomic E-state index is -1.17. The summed E-state index contributed by atoms with van der Waals surface area (Å²) in [7, 11) is 0. The Labute approximate surface area is 174 Å². The molecule has 2 aliphatic carbocycles. The van der Waals surface area contributed by atoms with Crippen LogP contribution in [0.15, 0.2) is 48.5 Å². The lowest BCUT2D eigenvalue weighted by Gasteiger charge is -2.28. The molecular weight excluding hydrogens is 384 g/mol. The van der Waals surface area contributed by atoms with Crippen LogP contribution < -0.4 is 10.6 Å². The summed E-state index contributed by atoms with van der Waals surface area (Å²) in [5.74, 6) is -1.76. The molecule has 1 saturated carbocycles. The van der Waals surface area contributed by atoms with E-state index in [0.29, 0.717) is 0 Å². The van der Waals surface area contributed by atoms with Gasteiger partial charge in [0.25, 0.3) is 0 Å². The summed E-state index contributed by atoms with van der Waals surface area (Å²) in [4.78, 5) is 35.9. The van der Waals surface area contributed by atoms with Gasteiger partial charge in [-0.05, 0) is 41.5 Å². The van der Waals surface area contributed by atoms with Gasteiger partial charge in [-0.15, -0.1) is 0 Å². The van der Waals surface area contributed by atoms with Gasteiger partial charge < -0.3 is 20.5 Å². The maximum atomic E-state index is 12.4. The molecule has 2 aromatic rings. The Hall–Kier alpha value is -3.35. The molecule has 2 aromatic carbocycles. The van der Waals surface area contributed by atoms with Crippen molar-refractivity contribution >= 4 is 18.0 Å². The molecular formula is C23H24N2O5. The lowest BCUT2D eigenvalue weighted by molar-refractivity contribution is -0.140. The van der Waals surface area contributed by atoms with Gasteiger partial charge in [-0.2, -0.15) is 0 Å². The highest BCUT2D eigenvalue weighted by molar-refractivity contribution is 5.89. The average Bonchev–Trinajstić information content (AvgIpc) is 3.02. The van der Waals surface area contributed by atoms with E-state index in [9.17, 15) is 14.4 Å². The summed E-state index contributed by atoms with van der Waals surface area (Å²) in [5.41, 5.74) is 4.39. The largest absolute Gasteiger partial charge is 0.481 e. The van der Waals surface area contributed by atoms with E-state index < -0.39 is 30.4 Å². The lowest BCUT2D eigenvalue weighted by Crippen LogP contribution is -2.52. The third-order valence-corrected chi connectivity index (χ3v) is 5.78. The van der Waals surface area contributed by atoms with Crippen molar-refractivity contribution in [1.29, 1.82) is 0 Å². The van der Waals surface area contributed by atoms with E-state index in [1.54, 1.807) is 0 Å². The van der Waals surface area contributed by atoms with Crippen molar-refractivity contribution in [3.05, 3.63) is 59.7 Å². The standard InChI is InChI=1S/C23H24N2O5/c26-21(27)12-20(22(28)24-14-6-5-7-14)25-23(29)30-13-19-17-10-3-1-8-15(17)16-9-2-4-11-18(16)19/h1-4,8-11,14,19-20H,5-7,12-13H2,(H,24,28)(H,25,29)(H,26,27). The van der Waals surface area contributed by atoms with Gasteiger partial charge in [0.15, 0.2) is 0 Å². The van der Waals surface area contributed by atoms with E-state index in [4.69, 9.17) is 9.84 Å². The maximum Gasteiger partial charge on any atom is 0.407 e. The number of carbonyl (C=O) groups excluding carboxylic acids is 2. The van der Waals surface area contributed by atoms with Crippen LogP contribution in [0.1, 0.15) is 42.7 Å². The summed E-state index contributed by atoms with van der Waals surface area (Å²) in [5, 5.41) is 14.3. The Morgan fingerprint density at radius 1 is 1.00 bits per heavy atom. The van der Waals surface area contributed by atoms with Crippen LogP contribution in [-0.4, -0.2) is 41.8 Å². The molecule has 0 saturated heterocycles. The summed E-state index contributed by atoms with van der Waals surface area (Å²) in [6.07, 6.45) is 1.48. The summed E-state index contributed by atoms with van der Waals surface area (Å²) in [6, 6.07) is 14.9. The second-order valence-electron chi connectivity index (χ2n) is 7.76. The second-order valence-corrected chi connectivity index (χ2v) is 7.76. The summed E-state index contributed by atoms with van der Waals surface area (Å²) < 4.78 is 5.42. The van der Waals surface area contributed by atoms with Crippen molar-refractivity contribution < 1.29 is 24.2 Å². The molecule has 3 N–H and O–H groups in total. The van der Waals surface area contributed by atoms with E-state index in [1.165, 1.54) is 0 Å². The predicted molar refractivity (Wildman–Crippen MR) is 110 cm³/mol. The number of benzene rings is 2. The molecule has 1 atom stereocenters. The molecule has 2 aliphatic rings. The number of carboxylic acids is 1. The smallest absolute Gasteiger partial charge is 0.407 e. The fourth-order valence-corrected chi connectivity index (χ4v) is 4.02. The molecule has 2 amide bonds. The Kier molecular flexibility index (Phi) is 5.70. The SMILES string of the molecule is O=C(O)CC(NC(=O)OCC1c2ccccc2-c2ccccc21)C(=O)NC1CCC1. The first-order valence-corrected chi connectivity index (χ1v) is 10.2. The summed E-state index contributed by atoms with van der Waals surface area (Å²) in [6.45, 7) is 0.101. The zero-order valence-electron chi connectivity index (χ0n) is 16.5. The van der Waals surface area contributed by atoms with Crippen molar-refractivity contribution in [1.82, 2.24) is 10.6 Å². The number of carboxylic acid groups (broad SMARTS) is 1. The van der Waals surface area contributed by atoms with Crippen LogP contribution >= 0.6 is 0 Å². The van der Waals surface area contributed by atoms with Gasteiger partial charge in [-0.1, -0.05) is 48.5 Å². The van der Waals surface area contributed by atoms with Crippen LogP contribution in [0.5, 0.6) is 0 Å². The molecule has 1 fully saturated rings. The van der Waals surface area contributed by atoms with Crippen molar-refractivity contribution in [3.8, 4) is 11.1 Å². The number of alkyl carbamates (subject to hydrolysis) is 1. The Bertz CT molecular complexity index is 924. The predicted octanol–water partition coefficient (Wildman–Crippen LogP) is 3.04. The van der Waals surface area contributed by atoms with E-state index in [1.807, 2.05) is 48.5 Å². The number of carbonyl (C=O) groups is 3. The number of nitrogens with one attached hydrogen (secondary N) is 2. The number of hydrogen-bond acceptors (Lipinski definition) is 4. The molecule has 0 aromatic heterocycles. The lowest BCUT2D eigenvalue weighted by atomic mass is 9.93. The second kappa shape index (κ2) is 8.57. The molecule has 7 heteroatoms. The van der Waals surface area contributed by atoms with Gasteiger partial charge in [0.2, 0.25) is 5.91 Å². The third kappa shape index (κ3) is 4.15. The van der Waals surface area contributed by atoms with E-state index >= 15 is 0 Å². The number of hydrogen-bond donors (Lipinski definition) is 3. The molecule has 1 unspecified atom stereocenters. The van der Waals surface area contributed by atoms with Crippen LogP contribution in [0.3, 0.4) is 0 Å². The molecule has 4 rings (SSSR count). The highest BCUT2D eigenvalue weighted by Crippen LogP contribution is 2.44.